The van der Waals surface area contributed by atoms with Gasteiger partial charge in [-0.3, -0.25) is 0 Å². The molecule has 0 aliphatic rings. The van der Waals surface area contributed by atoms with Crippen LogP contribution in [0.3, 0.4) is 0 Å². The molecule has 0 radical (unpaired) electrons. The minimum Gasteiger partial charge on any atom is -0.385 e. The molecule has 0 spiro atoms. The van der Waals surface area contributed by atoms with E-state index < -0.39 is 0 Å². The van der Waals surface area contributed by atoms with Crippen molar-refractivity contribution in [2.75, 3.05) is 40.0 Å². The Labute approximate surface area is 88.2 Å². The number of hydrogen-bond donors (Lipinski definition) is 1. The third-order valence-electron chi connectivity index (χ3n) is 1.83. The summed E-state index contributed by atoms with van der Waals surface area (Å²) in [7, 11) is 1.74. The molecular weight excluding hydrogens is 178 g/mol. The van der Waals surface area contributed by atoms with Gasteiger partial charge in [0.1, 0.15) is 0 Å². The summed E-state index contributed by atoms with van der Waals surface area (Å²) in [5.74, 6) is 0.636. The van der Waals surface area contributed by atoms with E-state index in [4.69, 9.17) is 9.47 Å². The van der Waals surface area contributed by atoms with Crippen molar-refractivity contribution in [3.05, 3.63) is 0 Å². The predicted octanol–water partition coefficient (Wildman–Crippen LogP) is 1.68. The van der Waals surface area contributed by atoms with Gasteiger partial charge in [-0.25, -0.2) is 0 Å². The van der Waals surface area contributed by atoms with Crippen LogP contribution >= 0.6 is 0 Å². The summed E-state index contributed by atoms with van der Waals surface area (Å²) >= 11 is 0. The molecule has 0 rings (SSSR count). The van der Waals surface area contributed by atoms with E-state index in [0.29, 0.717) is 5.92 Å². The molecule has 0 aliphatic carbocycles. The maximum atomic E-state index is 5.44. The summed E-state index contributed by atoms with van der Waals surface area (Å²) in [6, 6.07) is 0. The first-order valence-corrected chi connectivity index (χ1v) is 5.54. The fourth-order valence-corrected chi connectivity index (χ4v) is 1.08. The lowest BCUT2D eigenvalue weighted by molar-refractivity contribution is 0.111. The molecular formula is C11H25NO2. The summed E-state index contributed by atoms with van der Waals surface area (Å²) in [5, 5.41) is 3.34. The molecule has 3 heteroatoms. The van der Waals surface area contributed by atoms with Crippen LogP contribution < -0.4 is 5.32 Å². The molecule has 14 heavy (non-hydrogen) atoms. The number of unbranched alkanes of at least 4 members (excludes halogenated alkanes) is 1. The van der Waals surface area contributed by atoms with Crippen LogP contribution in [0.2, 0.25) is 0 Å². The lowest BCUT2D eigenvalue weighted by Gasteiger charge is -2.07. The molecule has 1 N–H and O–H groups in total. The summed E-state index contributed by atoms with van der Waals surface area (Å²) in [4.78, 5) is 0. The standard InChI is InChI=1S/C11H25NO2/c1-11(2)10-14-9-7-12-6-4-5-8-13-3/h11-12H,4-10H2,1-3H3. The lowest BCUT2D eigenvalue weighted by Crippen LogP contribution is -2.21. The first-order valence-electron chi connectivity index (χ1n) is 5.54. The van der Waals surface area contributed by atoms with Crippen LogP contribution in [0.4, 0.5) is 0 Å². The zero-order valence-corrected chi connectivity index (χ0v) is 9.84. The molecule has 0 aromatic heterocycles. The largest absolute Gasteiger partial charge is 0.385 e. The van der Waals surface area contributed by atoms with E-state index in [2.05, 4.69) is 19.2 Å². The molecule has 0 atom stereocenters. The molecule has 0 bridgehead atoms. The van der Waals surface area contributed by atoms with Crippen molar-refractivity contribution in [3.8, 4) is 0 Å². The highest BCUT2D eigenvalue weighted by molar-refractivity contribution is 4.48. The molecule has 0 heterocycles. The smallest absolute Gasteiger partial charge is 0.0591 e. The molecule has 0 saturated heterocycles. The van der Waals surface area contributed by atoms with Crippen LogP contribution in [0.15, 0.2) is 0 Å². The Bertz CT molecular complexity index is 107. The summed E-state index contributed by atoms with van der Waals surface area (Å²) < 4.78 is 10.4. The molecule has 86 valence electrons. The van der Waals surface area contributed by atoms with Gasteiger partial charge in [-0.2, -0.15) is 0 Å². The van der Waals surface area contributed by atoms with Crippen molar-refractivity contribution in [2.45, 2.75) is 26.7 Å². The fourth-order valence-electron chi connectivity index (χ4n) is 1.08. The van der Waals surface area contributed by atoms with Crippen molar-refractivity contribution in [1.29, 1.82) is 0 Å². The van der Waals surface area contributed by atoms with Gasteiger partial charge < -0.3 is 14.8 Å². The zero-order chi connectivity index (χ0) is 10.6. The summed E-state index contributed by atoms with van der Waals surface area (Å²) in [6.07, 6.45) is 2.31. The second-order valence-electron chi connectivity index (χ2n) is 3.92. The van der Waals surface area contributed by atoms with Crippen LogP contribution in [-0.2, 0) is 9.47 Å². The number of hydrogen-bond acceptors (Lipinski definition) is 3. The van der Waals surface area contributed by atoms with Gasteiger partial charge in [-0.15, -0.1) is 0 Å². The highest BCUT2D eigenvalue weighted by atomic mass is 16.5. The molecule has 0 fully saturated rings. The highest BCUT2D eigenvalue weighted by Gasteiger charge is 1.93. The Kier molecular flexibility index (Phi) is 10.9. The molecule has 0 aromatic carbocycles. The monoisotopic (exact) mass is 203 g/mol. The van der Waals surface area contributed by atoms with Crippen molar-refractivity contribution in [3.63, 3.8) is 0 Å². The van der Waals surface area contributed by atoms with Crippen LogP contribution in [0, 0.1) is 5.92 Å². The fraction of sp³-hybridized carbons (Fsp3) is 1.00. The third-order valence-corrected chi connectivity index (χ3v) is 1.83. The van der Waals surface area contributed by atoms with Crippen molar-refractivity contribution < 1.29 is 9.47 Å². The predicted molar refractivity (Wildman–Crippen MR) is 59.6 cm³/mol. The summed E-state index contributed by atoms with van der Waals surface area (Å²) in [6.45, 7) is 8.91. The van der Waals surface area contributed by atoms with Gasteiger partial charge in [0.2, 0.25) is 0 Å². The van der Waals surface area contributed by atoms with Gasteiger partial charge in [0.15, 0.2) is 0 Å². The molecule has 0 saturated carbocycles. The van der Waals surface area contributed by atoms with Crippen molar-refractivity contribution in [2.24, 2.45) is 5.92 Å². The quantitative estimate of drug-likeness (QED) is 0.548. The second-order valence-corrected chi connectivity index (χ2v) is 3.92. The number of ether oxygens (including phenoxy) is 2. The first kappa shape index (κ1) is 13.9. The molecule has 0 aliphatic heterocycles. The van der Waals surface area contributed by atoms with Crippen LogP contribution in [0.25, 0.3) is 0 Å². The molecule has 0 aromatic rings. The number of nitrogens with one attached hydrogen (secondary N) is 1. The van der Waals surface area contributed by atoms with Gasteiger partial charge >= 0.3 is 0 Å². The van der Waals surface area contributed by atoms with Crippen LogP contribution in [0.1, 0.15) is 26.7 Å². The van der Waals surface area contributed by atoms with Gasteiger partial charge in [0.25, 0.3) is 0 Å². The van der Waals surface area contributed by atoms with E-state index in [1.807, 2.05) is 0 Å². The second kappa shape index (κ2) is 11.0. The maximum absolute atomic E-state index is 5.44. The topological polar surface area (TPSA) is 30.5 Å². The molecule has 0 amide bonds. The Morgan fingerprint density at radius 2 is 1.86 bits per heavy atom. The Morgan fingerprint density at radius 1 is 1.07 bits per heavy atom. The van der Waals surface area contributed by atoms with Gasteiger partial charge in [-0.05, 0) is 25.3 Å². The molecule has 3 nitrogen and oxygen atoms in total. The van der Waals surface area contributed by atoms with E-state index in [1.54, 1.807) is 7.11 Å². The minimum atomic E-state index is 0.636. The van der Waals surface area contributed by atoms with E-state index in [9.17, 15) is 0 Å². The third kappa shape index (κ3) is 11.9. The minimum absolute atomic E-state index is 0.636. The average Bonchev–Trinajstić information content (AvgIpc) is 2.15. The number of rotatable bonds is 10. The van der Waals surface area contributed by atoms with Crippen LogP contribution in [-0.4, -0.2) is 40.0 Å². The summed E-state index contributed by atoms with van der Waals surface area (Å²) in [5.41, 5.74) is 0. The Morgan fingerprint density at radius 3 is 2.50 bits per heavy atom. The van der Waals surface area contributed by atoms with E-state index in [1.165, 1.54) is 6.42 Å². The van der Waals surface area contributed by atoms with Crippen molar-refractivity contribution in [1.82, 2.24) is 5.32 Å². The van der Waals surface area contributed by atoms with Gasteiger partial charge in [0, 0.05) is 26.9 Å². The zero-order valence-electron chi connectivity index (χ0n) is 9.84. The van der Waals surface area contributed by atoms with Crippen LogP contribution in [0.5, 0.6) is 0 Å². The van der Waals surface area contributed by atoms with Gasteiger partial charge in [-0.1, -0.05) is 13.8 Å². The Hall–Kier alpha value is -0.120. The SMILES string of the molecule is COCCCCNCCOCC(C)C. The normalized spacial score (nSPS) is 11.1. The van der Waals surface area contributed by atoms with E-state index in [0.717, 1.165) is 39.3 Å². The maximum Gasteiger partial charge on any atom is 0.0591 e. The van der Waals surface area contributed by atoms with E-state index in [-0.39, 0.29) is 0 Å². The Balaban J connectivity index is 2.85. The van der Waals surface area contributed by atoms with Gasteiger partial charge in [0.05, 0.1) is 6.61 Å². The van der Waals surface area contributed by atoms with Crippen molar-refractivity contribution >= 4 is 0 Å². The number of methoxy groups -OCH3 is 1. The van der Waals surface area contributed by atoms with E-state index >= 15 is 0 Å². The average molecular weight is 203 g/mol. The first-order chi connectivity index (χ1) is 6.77. The highest BCUT2D eigenvalue weighted by Crippen LogP contribution is 1.91. The molecule has 0 unspecified atom stereocenters. The lowest BCUT2D eigenvalue weighted by atomic mass is 10.2.